The molecule has 0 heterocycles. The van der Waals surface area contributed by atoms with Crippen LogP contribution in [-0.2, 0) is 15.3 Å². The van der Waals surface area contributed by atoms with Crippen molar-refractivity contribution in [3.05, 3.63) is 72.3 Å². The van der Waals surface area contributed by atoms with Gasteiger partial charge in [0.25, 0.3) is 5.79 Å². The van der Waals surface area contributed by atoms with Gasteiger partial charge in [0.2, 0.25) is 0 Å². The maximum Gasteiger partial charge on any atom is 0.371 e. The van der Waals surface area contributed by atoms with Crippen LogP contribution in [0.5, 0.6) is 0 Å². The second-order valence-electron chi connectivity index (χ2n) is 6.99. The van der Waals surface area contributed by atoms with Crippen molar-refractivity contribution >= 4 is 49.1 Å². The van der Waals surface area contributed by atoms with Crippen LogP contribution in [0.3, 0.4) is 0 Å². The standard InChI is InChI=1S/C24H18O4/c1-2-28-23(25)24(26,27)19-13-12-15-8-4-10-17-16-9-3-6-14-7-5-11-18(20(14)16)22(19)21(15)17/h3-13,26-27H,2H2,1H3. The van der Waals surface area contributed by atoms with Crippen molar-refractivity contribution in [2.75, 3.05) is 6.61 Å². The molecule has 0 saturated carbocycles. The fraction of sp³-hybridized carbons (Fsp3) is 0.125. The molecule has 0 amide bonds. The molecule has 0 unspecified atom stereocenters. The molecule has 2 N–H and O–H groups in total. The summed E-state index contributed by atoms with van der Waals surface area (Å²) in [6, 6.07) is 21.5. The predicted octanol–water partition coefficient (Wildman–Crippen LogP) is 4.44. The van der Waals surface area contributed by atoms with Crippen LogP contribution in [0.25, 0.3) is 43.1 Å². The van der Waals surface area contributed by atoms with Gasteiger partial charge in [0.15, 0.2) is 0 Å². The number of carbonyl (C=O) groups is 1. The molecule has 0 atom stereocenters. The average molecular weight is 370 g/mol. The first-order valence-corrected chi connectivity index (χ1v) is 9.24. The van der Waals surface area contributed by atoms with Crippen molar-refractivity contribution in [2.24, 2.45) is 0 Å². The molecule has 4 heteroatoms. The van der Waals surface area contributed by atoms with E-state index in [2.05, 4.69) is 6.07 Å². The molecule has 0 spiro atoms. The van der Waals surface area contributed by atoms with Crippen LogP contribution >= 0.6 is 0 Å². The van der Waals surface area contributed by atoms with Gasteiger partial charge in [0, 0.05) is 5.56 Å². The predicted molar refractivity (Wildman–Crippen MR) is 110 cm³/mol. The van der Waals surface area contributed by atoms with E-state index >= 15 is 0 Å². The summed E-state index contributed by atoms with van der Waals surface area (Å²) in [5.74, 6) is -3.81. The Kier molecular flexibility index (Phi) is 3.56. The summed E-state index contributed by atoms with van der Waals surface area (Å²) >= 11 is 0. The number of ether oxygens (including phenoxy) is 1. The Hall–Kier alpha value is -3.21. The Balaban J connectivity index is 2.05. The molecule has 0 bridgehead atoms. The molecule has 4 nitrogen and oxygen atoms in total. The van der Waals surface area contributed by atoms with Crippen molar-refractivity contribution in [1.82, 2.24) is 0 Å². The first-order valence-electron chi connectivity index (χ1n) is 9.24. The molecule has 0 aliphatic rings. The fourth-order valence-corrected chi connectivity index (χ4v) is 4.29. The van der Waals surface area contributed by atoms with Crippen molar-refractivity contribution in [3.63, 3.8) is 0 Å². The summed E-state index contributed by atoms with van der Waals surface area (Å²) in [6.45, 7) is 1.70. The largest absolute Gasteiger partial charge is 0.462 e. The van der Waals surface area contributed by atoms with Gasteiger partial charge in [-0.2, -0.15) is 0 Å². The van der Waals surface area contributed by atoms with Gasteiger partial charge in [0.05, 0.1) is 6.61 Å². The Morgan fingerprint density at radius 1 is 0.786 bits per heavy atom. The van der Waals surface area contributed by atoms with Crippen LogP contribution in [0.2, 0.25) is 0 Å². The Labute approximate surface area is 160 Å². The first kappa shape index (κ1) is 16.9. The van der Waals surface area contributed by atoms with E-state index in [-0.39, 0.29) is 12.2 Å². The van der Waals surface area contributed by atoms with Crippen molar-refractivity contribution in [1.29, 1.82) is 0 Å². The maximum absolute atomic E-state index is 12.3. The molecule has 0 radical (unpaired) electrons. The second-order valence-corrected chi connectivity index (χ2v) is 6.99. The van der Waals surface area contributed by atoms with E-state index in [0.29, 0.717) is 5.39 Å². The van der Waals surface area contributed by atoms with Gasteiger partial charge < -0.3 is 14.9 Å². The third-order valence-corrected chi connectivity index (χ3v) is 5.45. The van der Waals surface area contributed by atoms with E-state index < -0.39 is 11.8 Å². The number of fused-ring (bicyclic) bond motifs is 2. The summed E-state index contributed by atoms with van der Waals surface area (Å²) in [6.07, 6.45) is 0. The van der Waals surface area contributed by atoms with Gasteiger partial charge in [-0.15, -0.1) is 0 Å². The number of benzene rings is 5. The lowest BCUT2D eigenvalue weighted by molar-refractivity contribution is -0.213. The number of aliphatic hydroxyl groups is 2. The summed E-state index contributed by atoms with van der Waals surface area (Å²) < 4.78 is 4.92. The zero-order chi connectivity index (χ0) is 19.5. The third kappa shape index (κ3) is 2.16. The molecule has 28 heavy (non-hydrogen) atoms. The summed E-state index contributed by atoms with van der Waals surface area (Å²) in [5.41, 5.74) is 0.132. The van der Waals surface area contributed by atoms with E-state index in [1.807, 2.05) is 54.6 Å². The highest BCUT2D eigenvalue weighted by Gasteiger charge is 2.39. The Morgan fingerprint density at radius 3 is 2.00 bits per heavy atom. The Bertz CT molecular complexity index is 1360. The molecule has 138 valence electrons. The number of carbonyl (C=O) groups excluding carboxylic acids is 1. The number of hydrogen-bond acceptors (Lipinski definition) is 4. The molecule has 0 aliphatic heterocycles. The van der Waals surface area contributed by atoms with Crippen LogP contribution < -0.4 is 0 Å². The van der Waals surface area contributed by atoms with Crippen LogP contribution in [0.4, 0.5) is 0 Å². The van der Waals surface area contributed by atoms with Crippen molar-refractivity contribution < 1.29 is 19.7 Å². The van der Waals surface area contributed by atoms with E-state index in [9.17, 15) is 15.0 Å². The van der Waals surface area contributed by atoms with E-state index in [0.717, 1.165) is 37.7 Å². The molecule has 5 rings (SSSR count). The van der Waals surface area contributed by atoms with Gasteiger partial charge in [-0.3, -0.25) is 0 Å². The minimum Gasteiger partial charge on any atom is -0.462 e. The minimum atomic E-state index is -2.74. The fourth-order valence-electron chi connectivity index (χ4n) is 4.29. The lowest BCUT2D eigenvalue weighted by Crippen LogP contribution is -2.37. The molecule has 0 fully saturated rings. The zero-order valence-electron chi connectivity index (χ0n) is 15.3. The number of esters is 1. The monoisotopic (exact) mass is 370 g/mol. The highest BCUT2D eigenvalue weighted by atomic mass is 16.6. The molecule has 0 saturated heterocycles. The van der Waals surface area contributed by atoms with Crippen LogP contribution in [0.1, 0.15) is 12.5 Å². The molecule has 0 aliphatic carbocycles. The summed E-state index contributed by atoms with van der Waals surface area (Å²) in [7, 11) is 0. The zero-order valence-corrected chi connectivity index (χ0v) is 15.3. The van der Waals surface area contributed by atoms with Gasteiger partial charge >= 0.3 is 5.97 Å². The lowest BCUT2D eigenvalue weighted by atomic mass is 9.86. The molecule has 5 aromatic carbocycles. The van der Waals surface area contributed by atoms with E-state index in [1.165, 1.54) is 0 Å². The lowest BCUT2D eigenvalue weighted by Gasteiger charge is -2.24. The molecular weight excluding hydrogens is 352 g/mol. The second kappa shape index (κ2) is 5.89. The topological polar surface area (TPSA) is 66.8 Å². The van der Waals surface area contributed by atoms with E-state index in [1.54, 1.807) is 13.0 Å². The van der Waals surface area contributed by atoms with Crippen molar-refractivity contribution in [2.45, 2.75) is 12.7 Å². The molecule has 5 aromatic rings. The normalized spacial score (nSPS) is 12.4. The molecular formula is C24H18O4. The smallest absolute Gasteiger partial charge is 0.371 e. The van der Waals surface area contributed by atoms with Gasteiger partial charge in [-0.25, -0.2) is 4.79 Å². The highest BCUT2D eigenvalue weighted by molar-refractivity contribution is 6.33. The average Bonchev–Trinajstić information content (AvgIpc) is 2.71. The van der Waals surface area contributed by atoms with Crippen molar-refractivity contribution in [3.8, 4) is 0 Å². The van der Waals surface area contributed by atoms with E-state index in [4.69, 9.17) is 4.74 Å². The SMILES string of the molecule is CCOC(=O)C(O)(O)c1ccc2cccc3c4cccc5cccc(c1c23)c54. The van der Waals surface area contributed by atoms with Gasteiger partial charge in [-0.1, -0.05) is 66.7 Å². The van der Waals surface area contributed by atoms with Gasteiger partial charge in [0.1, 0.15) is 0 Å². The first-order chi connectivity index (χ1) is 13.5. The quantitative estimate of drug-likeness (QED) is 0.213. The maximum atomic E-state index is 12.3. The Morgan fingerprint density at radius 2 is 1.36 bits per heavy atom. The summed E-state index contributed by atoms with van der Waals surface area (Å²) in [5, 5.41) is 29.1. The highest BCUT2D eigenvalue weighted by Crippen LogP contribution is 2.43. The third-order valence-electron chi connectivity index (χ3n) is 5.45. The minimum absolute atomic E-state index is 0.0638. The van der Waals surface area contributed by atoms with Crippen LogP contribution in [-0.4, -0.2) is 22.8 Å². The van der Waals surface area contributed by atoms with Crippen LogP contribution in [0, 0.1) is 0 Å². The number of hydrogen-bond donors (Lipinski definition) is 2. The number of rotatable bonds is 3. The van der Waals surface area contributed by atoms with Crippen LogP contribution in [0.15, 0.2) is 66.7 Å². The summed E-state index contributed by atoms with van der Waals surface area (Å²) in [4.78, 5) is 12.3. The molecule has 0 aromatic heterocycles. The van der Waals surface area contributed by atoms with Gasteiger partial charge in [-0.05, 0) is 50.0 Å².